The number of methoxy groups -OCH3 is 1. The number of hydrogen-bond acceptors (Lipinski definition) is 12. The Bertz CT molecular complexity index is 3050. The number of carbonyl (C=O) groups excluding carboxylic acids is 1. The predicted octanol–water partition coefficient (Wildman–Crippen LogP) is 9.99. The number of piperazine rings is 1. The standard InChI is InChI=1S/C57H69FN8O6S/c1-37(2)45-7-5-6-8-46(45)52-36-64(35-39-9-11-42(71-4)12-10-39)25-26-66(52)41-31-57(32-41)20-23-65(24-21-57)51-30-53(72-43-27-40-17-22-60-54(40)62-34-43)47(29-48(51)58)55(67)63-73(69,70)44-13-14-50(49(59)28-44)61-33-38-15-18-56(3,68)19-16-38/h5-14,17,22,27-30,34,37-38,41,52,61,68H,15-16,18-21,23-26,31-33,35-36,59H2,1-4H3,(H,60,62)(H,63,67). The number of rotatable bonds is 15. The highest BCUT2D eigenvalue weighted by Crippen LogP contribution is 2.54. The third-order valence-electron chi connectivity index (χ3n) is 16.2. The van der Waals surface area contributed by atoms with E-state index in [0.717, 1.165) is 81.9 Å². The summed E-state index contributed by atoms with van der Waals surface area (Å²) in [6.07, 6.45) is 10.3. The highest BCUT2D eigenvalue weighted by molar-refractivity contribution is 7.90. The van der Waals surface area contributed by atoms with Crippen LogP contribution in [0.1, 0.15) is 111 Å². The molecule has 2 saturated heterocycles. The number of hydrogen-bond donors (Lipinski definition) is 5. The van der Waals surface area contributed by atoms with Crippen molar-refractivity contribution in [2.75, 3.05) is 62.3 Å². The molecule has 10 rings (SSSR count). The number of aromatic nitrogens is 2. The van der Waals surface area contributed by atoms with Gasteiger partial charge in [0.2, 0.25) is 0 Å². The van der Waals surface area contributed by atoms with Gasteiger partial charge in [0.1, 0.15) is 28.7 Å². The second kappa shape index (κ2) is 20.6. The molecule has 2 aromatic heterocycles. The van der Waals surface area contributed by atoms with E-state index in [4.69, 9.17) is 15.2 Å². The molecule has 16 heteroatoms. The van der Waals surface area contributed by atoms with E-state index in [9.17, 15) is 18.3 Å². The number of amides is 1. The van der Waals surface area contributed by atoms with Crippen LogP contribution in [0.25, 0.3) is 11.0 Å². The van der Waals surface area contributed by atoms with Crippen LogP contribution >= 0.6 is 0 Å². The summed E-state index contributed by atoms with van der Waals surface area (Å²) in [7, 11) is -2.77. The minimum absolute atomic E-state index is 0.00748. The molecule has 4 aromatic carbocycles. The first-order valence-corrected chi connectivity index (χ1v) is 27.3. The molecular formula is C57H69FN8O6S. The van der Waals surface area contributed by atoms with Crippen molar-refractivity contribution in [1.82, 2.24) is 24.5 Å². The molecule has 1 amide bonds. The number of fused-ring (bicyclic) bond motifs is 1. The van der Waals surface area contributed by atoms with Crippen molar-refractivity contribution < 1.29 is 32.2 Å². The van der Waals surface area contributed by atoms with E-state index in [1.165, 1.54) is 41.1 Å². The Morgan fingerprint density at radius 2 is 1.70 bits per heavy atom. The first-order chi connectivity index (χ1) is 35.0. The summed E-state index contributed by atoms with van der Waals surface area (Å²) in [5.41, 5.74) is 11.3. The van der Waals surface area contributed by atoms with Gasteiger partial charge < -0.3 is 35.5 Å². The van der Waals surface area contributed by atoms with Crippen LogP contribution in [0.3, 0.4) is 0 Å². The second-order valence-electron chi connectivity index (χ2n) is 21.7. The van der Waals surface area contributed by atoms with Gasteiger partial charge in [-0.2, -0.15) is 0 Å². The summed E-state index contributed by atoms with van der Waals surface area (Å²) in [5.74, 6) is 0.183. The Balaban J connectivity index is 0.832. The van der Waals surface area contributed by atoms with Crippen LogP contribution in [0, 0.1) is 17.2 Å². The zero-order valence-corrected chi connectivity index (χ0v) is 43.2. The minimum Gasteiger partial charge on any atom is -0.497 e. The van der Waals surface area contributed by atoms with E-state index >= 15 is 4.39 Å². The van der Waals surface area contributed by atoms with Crippen molar-refractivity contribution in [3.05, 3.63) is 131 Å². The van der Waals surface area contributed by atoms with E-state index in [0.29, 0.717) is 67.4 Å². The number of nitrogens with two attached hydrogens (primary N) is 1. The van der Waals surface area contributed by atoms with Gasteiger partial charge >= 0.3 is 0 Å². The lowest BCUT2D eigenvalue weighted by Gasteiger charge is -2.58. The number of anilines is 3. The van der Waals surface area contributed by atoms with Crippen molar-refractivity contribution in [2.45, 2.75) is 107 Å². The Morgan fingerprint density at radius 1 is 0.945 bits per heavy atom. The van der Waals surface area contributed by atoms with Crippen LogP contribution in [0.2, 0.25) is 0 Å². The number of sulfonamides is 1. The molecule has 1 atom stereocenters. The second-order valence-corrected chi connectivity index (χ2v) is 23.3. The quantitative estimate of drug-likeness (QED) is 0.0616. The number of aliphatic hydroxyl groups is 1. The number of piperidine rings is 1. The summed E-state index contributed by atoms with van der Waals surface area (Å²) in [6.45, 7) is 12.1. The Morgan fingerprint density at radius 3 is 2.42 bits per heavy atom. The molecule has 4 aliphatic rings. The number of ether oxygens (including phenoxy) is 2. The largest absolute Gasteiger partial charge is 0.497 e. The van der Waals surface area contributed by atoms with Crippen molar-refractivity contribution in [3.63, 3.8) is 0 Å². The van der Waals surface area contributed by atoms with E-state index < -0.39 is 27.3 Å². The number of carbonyl (C=O) groups is 1. The third-order valence-corrected chi connectivity index (χ3v) is 17.6. The molecule has 1 unspecified atom stereocenters. The molecule has 4 heterocycles. The zero-order valence-electron chi connectivity index (χ0n) is 42.4. The number of H-pyrrole nitrogens is 1. The third kappa shape index (κ3) is 11.0. The average Bonchev–Trinajstić information content (AvgIpc) is 3.85. The monoisotopic (exact) mass is 1010 g/mol. The first-order valence-electron chi connectivity index (χ1n) is 25.9. The molecular weight excluding hydrogens is 944 g/mol. The molecule has 2 saturated carbocycles. The van der Waals surface area contributed by atoms with Crippen LogP contribution in [0.15, 0.2) is 108 Å². The lowest BCUT2D eigenvalue weighted by Crippen LogP contribution is -2.60. The summed E-state index contributed by atoms with van der Waals surface area (Å²) in [4.78, 5) is 28.7. The van der Waals surface area contributed by atoms with Crippen molar-refractivity contribution in [1.29, 1.82) is 0 Å². The van der Waals surface area contributed by atoms with Crippen molar-refractivity contribution in [2.24, 2.45) is 11.3 Å². The Labute approximate surface area is 428 Å². The van der Waals surface area contributed by atoms with Crippen LogP contribution in [-0.2, 0) is 16.6 Å². The maximum atomic E-state index is 16.6. The van der Waals surface area contributed by atoms with Crippen LogP contribution in [-0.4, -0.2) is 97.2 Å². The molecule has 1 spiro atoms. The van der Waals surface area contributed by atoms with E-state index in [1.807, 2.05) is 30.0 Å². The predicted molar refractivity (Wildman–Crippen MR) is 284 cm³/mol. The number of nitrogen functional groups attached to an aromatic ring is 1. The number of halogens is 1. The van der Waals surface area contributed by atoms with E-state index in [1.54, 1.807) is 25.4 Å². The highest BCUT2D eigenvalue weighted by atomic mass is 32.2. The lowest BCUT2D eigenvalue weighted by atomic mass is 9.59. The van der Waals surface area contributed by atoms with Crippen LogP contribution in [0.5, 0.6) is 17.2 Å². The summed E-state index contributed by atoms with van der Waals surface area (Å²) in [5, 5.41) is 14.4. The molecule has 0 bridgehead atoms. The number of nitrogens with zero attached hydrogens (tertiary/aromatic N) is 4. The van der Waals surface area contributed by atoms with Gasteiger partial charge in [0.05, 0.1) is 46.4 Å². The molecule has 2 aliphatic carbocycles. The molecule has 0 radical (unpaired) electrons. The average molecular weight is 1010 g/mol. The SMILES string of the molecule is COc1ccc(CN2CCN(C3CC4(CCN(c5cc(Oc6cnc7[nH]ccc7c6)c(C(=O)NS(=O)(=O)c6ccc(NCC7CCC(C)(O)CC7)c(N)c6)cc5F)CC4)C3)C(c3ccccc3C(C)C)C2)cc1. The van der Waals surface area contributed by atoms with Gasteiger partial charge in [0.25, 0.3) is 15.9 Å². The Kier molecular flexibility index (Phi) is 14.2. The van der Waals surface area contributed by atoms with Gasteiger partial charge in [-0.05, 0) is 141 Å². The Hall–Kier alpha value is -6.20. The summed E-state index contributed by atoms with van der Waals surface area (Å²) >= 11 is 0. The topological polar surface area (TPSA) is 178 Å². The smallest absolute Gasteiger partial charge is 0.268 e. The van der Waals surface area contributed by atoms with E-state index in [-0.39, 0.29) is 39.0 Å². The summed E-state index contributed by atoms with van der Waals surface area (Å²) in [6, 6.07) is 28.4. The maximum absolute atomic E-state index is 16.6. The van der Waals surface area contributed by atoms with Gasteiger partial charge in [-0.3, -0.25) is 14.6 Å². The van der Waals surface area contributed by atoms with Crippen LogP contribution < -0.4 is 30.1 Å². The number of aromatic amines is 1. The molecule has 386 valence electrons. The fraction of sp³-hybridized carbons (Fsp3) is 0.439. The molecule has 73 heavy (non-hydrogen) atoms. The fourth-order valence-corrected chi connectivity index (χ4v) is 12.9. The van der Waals surface area contributed by atoms with Gasteiger partial charge in [-0.25, -0.2) is 22.5 Å². The fourth-order valence-electron chi connectivity index (χ4n) is 11.9. The molecule has 4 fully saturated rings. The van der Waals surface area contributed by atoms with Gasteiger partial charge in [-0.1, -0.05) is 50.2 Å². The number of pyridine rings is 1. The summed E-state index contributed by atoms with van der Waals surface area (Å²) < 4.78 is 58.0. The van der Waals surface area contributed by atoms with Crippen LogP contribution in [0.4, 0.5) is 21.5 Å². The highest BCUT2D eigenvalue weighted by Gasteiger charge is 2.50. The molecule has 14 nitrogen and oxygen atoms in total. The number of nitrogens with one attached hydrogen (secondary N) is 3. The number of benzene rings is 4. The van der Waals surface area contributed by atoms with E-state index in [2.05, 4.69) is 80.1 Å². The lowest BCUT2D eigenvalue weighted by molar-refractivity contribution is -0.0628. The van der Waals surface area contributed by atoms with Crippen molar-refractivity contribution >= 4 is 44.0 Å². The maximum Gasteiger partial charge on any atom is 0.268 e. The van der Waals surface area contributed by atoms with Crippen molar-refractivity contribution in [3.8, 4) is 17.2 Å². The molecule has 6 aromatic rings. The van der Waals surface area contributed by atoms with Gasteiger partial charge in [0, 0.05) is 75.5 Å². The van der Waals surface area contributed by atoms with Gasteiger partial charge in [-0.15, -0.1) is 0 Å². The zero-order chi connectivity index (χ0) is 51.1. The minimum atomic E-state index is -4.47. The molecule has 2 aliphatic heterocycles. The normalized spacial score (nSPS) is 21.8. The molecule has 6 N–H and O–H groups in total. The first kappa shape index (κ1) is 50.3. The van der Waals surface area contributed by atoms with Gasteiger partial charge in [0.15, 0.2) is 0 Å².